The van der Waals surface area contributed by atoms with Crippen LogP contribution in [0.2, 0.25) is 0 Å². The van der Waals surface area contributed by atoms with Gasteiger partial charge in [0.1, 0.15) is 0 Å². The summed E-state index contributed by atoms with van der Waals surface area (Å²) in [6, 6.07) is 0. The van der Waals surface area contributed by atoms with Crippen LogP contribution in [-0.4, -0.2) is 13.2 Å². The molecule has 0 unspecified atom stereocenters. The largest absolute Gasteiger partial charge is 0.403 e. The van der Waals surface area contributed by atoms with Gasteiger partial charge < -0.3 is 0 Å². The summed E-state index contributed by atoms with van der Waals surface area (Å²) < 4.78 is 20.8. The Bertz CT molecular complexity index is 205. The zero-order valence-corrected chi connectivity index (χ0v) is 8.87. The molecule has 0 saturated carbocycles. The lowest BCUT2D eigenvalue weighted by molar-refractivity contribution is 0.237. The fourth-order valence-corrected chi connectivity index (χ4v) is 1.19. The van der Waals surface area contributed by atoms with E-state index in [1.165, 1.54) is 0 Å². The van der Waals surface area contributed by atoms with E-state index >= 15 is 0 Å². The molecule has 0 heterocycles. The second-order valence-corrected chi connectivity index (χ2v) is 3.87. The summed E-state index contributed by atoms with van der Waals surface area (Å²) in [6.45, 7) is 4.09. The molecule has 2 N–H and O–H groups in total. The first-order valence-corrected chi connectivity index (χ1v) is 5.63. The Morgan fingerprint density at radius 1 is 1.15 bits per heavy atom. The zero-order valence-electron chi connectivity index (χ0n) is 7.97. The maximum absolute atomic E-state index is 11.2. The van der Waals surface area contributed by atoms with Crippen LogP contribution in [0.15, 0.2) is 24.3 Å². The van der Waals surface area contributed by atoms with Gasteiger partial charge >= 0.3 is 7.75 Å². The van der Waals surface area contributed by atoms with Gasteiger partial charge in [-0.3, -0.25) is 9.05 Å². The third-order valence-corrected chi connectivity index (χ3v) is 2.19. The highest BCUT2D eigenvalue weighted by atomic mass is 31.2. The van der Waals surface area contributed by atoms with E-state index in [0.29, 0.717) is 0 Å². The minimum atomic E-state index is -3.35. The molecular weight excluding hydrogens is 189 g/mol. The molecule has 0 aliphatic rings. The minimum Gasteiger partial charge on any atom is -0.293 e. The second kappa shape index (κ2) is 7.04. The highest BCUT2D eigenvalue weighted by Crippen LogP contribution is 2.38. The van der Waals surface area contributed by atoms with E-state index in [9.17, 15) is 4.57 Å². The molecule has 0 aliphatic heterocycles. The van der Waals surface area contributed by atoms with Gasteiger partial charge in [-0.2, -0.15) is 0 Å². The van der Waals surface area contributed by atoms with Gasteiger partial charge in [-0.25, -0.2) is 10.1 Å². The summed E-state index contributed by atoms with van der Waals surface area (Å²) in [7, 11) is -3.35. The Morgan fingerprint density at radius 2 is 1.54 bits per heavy atom. The van der Waals surface area contributed by atoms with Gasteiger partial charge in [0, 0.05) is 0 Å². The van der Waals surface area contributed by atoms with E-state index in [2.05, 4.69) is 0 Å². The molecule has 0 bridgehead atoms. The Hall–Kier alpha value is -0.410. The Kier molecular flexibility index (Phi) is 6.82. The molecule has 5 heteroatoms. The smallest absolute Gasteiger partial charge is 0.293 e. The standard InChI is InChI=1S/C8H16NO3P/c1-3-5-7-11-13(9,10)12-8-6-4-2/h3-6H,7-8H2,1-2H3,(H2,9,10). The van der Waals surface area contributed by atoms with Gasteiger partial charge in [0.2, 0.25) is 0 Å². The monoisotopic (exact) mass is 205 g/mol. The Labute approximate surface area is 79.0 Å². The summed E-state index contributed by atoms with van der Waals surface area (Å²) in [5.74, 6) is 0. The highest BCUT2D eigenvalue weighted by molar-refractivity contribution is 7.51. The summed E-state index contributed by atoms with van der Waals surface area (Å²) >= 11 is 0. The molecule has 0 amide bonds. The van der Waals surface area contributed by atoms with Gasteiger partial charge in [0.25, 0.3) is 0 Å². The third kappa shape index (κ3) is 7.94. The predicted molar refractivity (Wildman–Crippen MR) is 53.3 cm³/mol. The molecule has 0 aromatic carbocycles. The van der Waals surface area contributed by atoms with Crippen LogP contribution in [0, 0.1) is 0 Å². The van der Waals surface area contributed by atoms with Crippen LogP contribution in [0.5, 0.6) is 0 Å². The first-order chi connectivity index (χ1) is 6.12. The van der Waals surface area contributed by atoms with E-state index < -0.39 is 7.75 Å². The van der Waals surface area contributed by atoms with Crippen molar-refractivity contribution in [2.75, 3.05) is 13.2 Å². The van der Waals surface area contributed by atoms with Crippen molar-refractivity contribution >= 4 is 7.75 Å². The average Bonchev–Trinajstić information content (AvgIpc) is 2.05. The van der Waals surface area contributed by atoms with Crippen molar-refractivity contribution in [2.45, 2.75) is 13.8 Å². The normalized spacial score (nSPS) is 16.8. The lowest BCUT2D eigenvalue weighted by Crippen LogP contribution is -2.04. The van der Waals surface area contributed by atoms with Crippen LogP contribution in [0.3, 0.4) is 0 Å². The lowest BCUT2D eigenvalue weighted by Gasteiger charge is -2.10. The molecule has 0 fully saturated rings. The summed E-state index contributed by atoms with van der Waals surface area (Å²) in [4.78, 5) is 0. The SMILES string of the molecule is CC=CCOP(N)(=O)OCC=CC. The van der Waals surface area contributed by atoms with Crippen molar-refractivity contribution in [3.05, 3.63) is 24.3 Å². The molecule has 13 heavy (non-hydrogen) atoms. The summed E-state index contributed by atoms with van der Waals surface area (Å²) in [6.07, 6.45) is 6.98. The van der Waals surface area contributed by atoms with E-state index in [-0.39, 0.29) is 13.2 Å². The van der Waals surface area contributed by atoms with Crippen LogP contribution in [0.1, 0.15) is 13.8 Å². The summed E-state index contributed by atoms with van der Waals surface area (Å²) in [5.41, 5.74) is 5.24. The minimum absolute atomic E-state index is 0.208. The molecule has 0 spiro atoms. The Balaban J connectivity index is 3.73. The molecule has 76 valence electrons. The number of allylic oxidation sites excluding steroid dienone is 2. The number of hydrogen-bond donors (Lipinski definition) is 1. The molecule has 4 nitrogen and oxygen atoms in total. The lowest BCUT2D eigenvalue weighted by atomic mass is 10.6. The van der Waals surface area contributed by atoms with Crippen molar-refractivity contribution in [1.82, 2.24) is 0 Å². The first-order valence-electron chi connectivity index (χ1n) is 4.02. The van der Waals surface area contributed by atoms with Crippen LogP contribution in [0.4, 0.5) is 0 Å². The topological polar surface area (TPSA) is 61.5 Å². The van der Waals surface area contributed by atoms with Crippen LogP contribution < -0.4 is 5.50 Å². The fraction of sp³-hybridized carbons (Fsp3) is 0.500. The summed E-state index contributed by atoms with van der Waals surface area (Å²) in [5, 5.41) is 0. The van der Waals surface area contributed by atoms with Gasteiger partial charge in [0.05, 0.1) is 13.2 Å². The number of rotatable bonds is 6. The zero-order chi connectivity index (χ0) is 10.2. The average molecular weight is 205 g/mol. The Morgan fingerprint density at radius 3 is 1.85 bits per heavy atom. The highest BCUT2D eigenvalue weighted by Gasteiger charge is 2.15. The van der Waals surface area contributed by atoms with E-state index in [4.69, 9.17) is 14.6 Å². The number of hydrogen-bond acceptors (Lipinski definition) is 3. The second-order valence-electron chi connectivity index (χ2n) is 2.27. The van der Waals surface area contributed by atoms with E-state index in [0.717, 1.165) is 0 Å². The van der Waals surface area contributed by atoms with Crippen molar-refractivity contribution < 1.29 is 13.6 Å². The van der Waals surface area contributed by atoms with E-state index in [1.54, 1.807) is 24.3 Å². The molecule has 0 atom stereocenters. The quantitative estimate of drug-likeness (QED) is 0.533. The van der Waals surface area contributed by atoms with Gasteiger partial charge in [-0.15, -0.1) is 0 Å². The maximum Gasteiger partial charge on any atom is 0.403 e. The van der Waals surface area contributed by atoms with Crippen LogP contribution in [0.25, 0.3) is 0 Å². The molecule has 0 aromatic rings. The van der Waals surface area contributed by atoms with Crippen molar-refractivity contribution in [1.29, 1.82) is 0 Å². The molecule has 0 rings (SSSR count). The molecule has 0 saturated heterocycles. The van der Waals surface area contributed by atoms with Gasteiger partial charge in [-0.05, 0) is 13.8 Å². The maximum atomic E-state index is 11.2. The fourth-order valence-electron chi connectivity index (χ4n) is 0.524. The van der Waals surface area contributed by atoms with Crippen molar-refractivity contribution in [3.8, 4) is 0 Å². The molecular formula is C8H16NO3P. The van der Waals surface area contributed by atoms with Crippen molar-refractivity contribution in [3.63, 3.8) is 0 Å². The van der Waals surface area contributed by atoms with Crippen LogP contribution in [-0.2, 0) is 13.6 Å². The van der Waals surface area contributed by atoms with Gasteiger partial charge in [-0.1, -0.05) is 24.3 Å². The first kappa shape index (κ1) is 12.6. The van der Waals surface area contributed by atoms with Gasteiger partial charge in [0.15, 0.2) is 0 Å². The van der Waals surface area contributed by atoms with Crippen molar-refractivity contribution in [2.24, 2.45) is 5.50 Å². The molecule has 0 aliphatic carbocycles. The number of nitrogens with two attached hydrogens (primary N) is 1. The third-order valence-electron chi connectivity index (χ3n) is 1.17. The molecule has 0 radical (unpaired) electrons. The van der Waals surface area contributed by atoms with E-state index in [1.807, 2.05) is 13.8 Å². The molecule has 0 aromatic heterocycles. The predicted octanol–water partition coefficient (Wildman–Crippen LogP) is 2.24. The van der Waals surface area contributed by atoms with Crippen LogP contribution >= 0.6 is 7.75 Å².